The zero-order chi connectivity index (χ0) is 29.6. The predicted octanol–water partition coefficient (Wildman–Crippen LogP) is 7.30. The third-order valence-corrected chi connectivity index (χ3v) is 9.00. The topological polar surface area (TPSA) is 78.7 Å². The van der Waals surface area contributed by atoms with E-state index in [4.69, 9.17) is 11.6 Å². The van der Waals surface area contributed by atoms with Crippen molar-refractivity contribution in [3.05, 3.63) is 70.5 Å². The molecule has 3 heterocycles. The first kappa shape index (κ1) is 31.2. The summed E-state index contributed by atoms with van der Waals surface area (Å²) in [5.74, 6) is -0.705. The lowest BCUT2D eigenvalue weighted by molar-refractivity contribution is -0.145. The molecule has 3 fully saturated rings. The fraction of sp³-hybridized carbons (Fsp3) is 0.452. The van der Waals surface area contributed by atoms with Crippen molar-refractivity contribution >= 4 is 41.6 Å². The van der Waals surface area contributed by atoms with E-state index in [9.17, 15) is 27.9 Å². The number of halogens is 5. The van der Waals surface area contributed by atoms with Crippen LogP contribution in [-0.4, -0.2) is 57.8 Å². The molecule has 1 aliphatic carbocycles. The van der Waals surface area contributed by atoms with E-state index in [1.807, 2.05) is 21.9 Å². The lowest BCUT2D eigenvalue weighted by Gasteiger charge is -2.36. The summed E-state index contributed by atoms with van der Waals surface area (Å²) in [6.45, 7) is 2.43. The van der Waals surface area contributed by atoms with E-state index in [0.717, 1.165) is 66.5 Å². The van der Waals surface area contributed by atoms with Gasteiger partial charge in [0.1, 0.15) is 5.56 Å². The predicted molar refractivity (Wildman–Crippen MR) is 160 cm³/mol. The summed E-state index contributed by atoms with van der Waals surface area (Å²) in [5.41, 5.74) is 1.86. The number of rotatable bonds is 6. The third kappa shape index (κ3) is 6.50. The Balaban J connectivity index is 0.00000368. The second-order valence-electron chi connectivity index (χ2n) is 11.6. The Morgan fingerprint density at radius 3 is 2.28 bits per heavy atom. The molecule has 1 unspecified atom stereocenters. The van der Waals surface area contributed by atoms with E-state index in [1.165, 1.54) is 5.56 Å². The van der Waals surface area contributed by atoms with Crippen LogP contribution in [0.25, 0.3) is 11.1 Å². The highest BCUT2D eigenvalue weighted by Gasteiger charge is 2.42. The molecule has 2 aromatic carbocycles. The van der Waals surface area contributed by atoms with Crippen molar-refractivity contribution in [3.8, 4) is 11.1 Å². The van der Waals surface area contributed by atoms with Gasteiger partial charge in [-0.25, -0.2) is 4.79 Å². The third-order valence-electron chi connectivity index (χ3n) is 8.76. The van der Waals surface area contributed by atoms with Crippen molar-refractivity contribution in [3.63, 3.8) is 0 Å². The number of carboxylic acid groups (broad SMARTS) is 1. The number of hydrogen-bond donors (Lipinski definition) is 1. The monoisotopic (exact) mass is 636 g/mol. The maximum Gasteiger partial charge on any atom is 0.433 e. The van der Waals surface area contributed by atoms with Gasteiger partial charge in [0.15, 0.2) is 5.69 Å². The summed E-state index contributed by atoms with van der Waals surface area (Å²) < 4.78 is 42.5. The van der Waals surface area contributed by atoms with Crippen molar-refractivity contribution in [2.24, 2.45) is 5.92 Å². The Hall–Kier alpha value is -3.24. The molecule has 1 N–H and O–H groups in total. The molecule has 0 bridgehead atoms. The first-order valence-electron chi connectivity index (χ1n) is 14.4. The number of alkyl halides is 3. The van der Waals surface area contributed by atoms with Crippen LogP contribution in [-0.2, 0) is 11.0 Å². The van der Waals surface area contributed by atoms with Gasteiger partial charge in [-0.15, -0.1) is 12.4 Å². The Kier molecular flexibility index (Phi) is 9.00. The summed E-state index contributed by atoms with van der Waals surface area (Å²) >= 11 is 6.40. The van der Waals surface area contributed by atoms with Crippen molar-refractivity contribution < 1.29 is 27.9 Å². The van der Waals surface area contributed by atoms with E-state index >= 15 is 0 Å². The largest absolute Gasteiger partial charge is 0.478 e. The average molecular weight is 638 g/mol. The van der Waals surface area contributed by atoms with Crippen LogP contribution in [0, 0.1) is 5.92 Å². The molecule has 2 aliphatic heterocycles. The molecule has 1 amide bonds. The molecule has 1 aromatic heterocycles. The van der Waals surface area contributed by atoms with Crippen molar-refractivity contribution in [2.45, 2.75) is 56.7 Å². The zero-order valence-corrected chi connectivity index (χ0v) is 25.0. The van der Waals surface area contributed by atoms with Gasteiger partial charge in [-0.1, -0.05) is 41.9 Å². The summed E-state index contributed by atoms with van der Waals surface area (Å²) in [6, 6.07) is 13.3. The highest BCUT2D eigenvalue weighted by atomic mass is 35.5. The molecule has 3 aliphatic rings. The first-order valence-corrected chi connectivity index (χ1v) is 14.8. The van der Waals surface area contributed by atoms with Gasteiger partial charge >= 0.3 is 12.1 Å². The van der Waals surface area contributed by atoms with Gasteiger partial charge in [0.2, 0.25) is 5.91 Å². The van der Waals surface area contributed by atoms with Gasteiger partial charge in [0.05, 0.1) is 12.2 Å². The van der Waals surface area contributed by atoms with E-state index in [0.29, 0.717) is 36.2 Å². The Labute approximate surface area is 259 Å². The second kappa shape index (κ2) is 12.4. The number of amides is 1. The summed E-state index contributed by atoms with van der Waals surface area (Å²) in [4.78, 5) is 27.9. The lowest BCUT2D eigenvalue weighted by atomic mass is 9.88. The van der Waals surface area contributed by atoms with Crippen molar-refractivity contribution in [1.82, 2.24) is 14.7 Å². The van der Waals surface area contributed by atoms with Crippen LogP contribution < -0.4 is 4.90 Å². The standard InChI is InChI=1S/C31H32ClF3N4O3.ClH/c32-23-9-10-25(21-5-3-19(4-6-21)20-11-14-37(15-12-20)29(40)22-7-8-22)27(16-23)38-13-1-2-24(18-38)39-28(31(33,34)35)26(17-36-39)30(41)42;/h3-6,9-10,16-17,20,22,24H,1-2,7-8,11-15,18H2,(H,41,42);1H. The van der Waals surface area contributed by atoms with Gasteiger partial charge in [-0.2, -0.15) is 18.3 Å². The first-order chi connectivity index (χ1) is 20.1. The number of likely N-dealkylation sites (tertiary alicyclic amines) is 1. The lowest BCUT2D eigenvalue weighted by Crippen LogP contribution is -2.38. The summed E-state index contributed by atoms with van der Waals surface area (Å²) in [6.07, 6.45) is 0.909. The molecule has 1 atom stereocenters. The SMILES string of the molecule is Cl.O=C(O)c1cnn(C2CCCN(c3cc(Cl)ccc3-c3ccc(C4CCN(C(=O)C5CC5)CC4)cc3)C2)c1C(F)(F)F. The van der Waals surface area contributed by atoms with E-state index < -0.39 is 29.4 Å². The zero-order valence-electron chi connectivity index (χ0n) is 23.4. The molecule has 0 radical (unpaired) electrons. The average Bonchev–Trinajstić information content (AvgIpc) is 3.73. The molecule has 43 heavy (non-hydrogen) atoms. The number of nitrogens with zero attached hydrogens (tertiary/aromatic N) is 4. The molecule has 2 saturated heterocycles. The second-order valence-corrected chi connectivity index (χ2v) is 12.0. The number of carbonyl (C=O) groups excluding carboxylic acids is 1. The number of aromatic nitrogens is 2. The van der Waals surface area contributed by atoms with Crippen LogP contribution in [0.3, 0.4) is 0 Å². The number of benzene rings is 2. The van der Waals surface area contributed by atoms with Crippen LogP contribution in [0.2, 0.25) is 5.02 Å². The van der Waals surface area contributed by atoms with Gasteiger partial charge in [-0.3, -0.25) is 9.48 Å². The minimum atomic E-state index is -4.85. The van der Waals surface area contributed by atoms with Gasteiger partial charge < -0.3 is 14.9 Å². The minimum absolute atomic E-state index is 0. The van der Waals surface area contributed by atoms with Gasteiger partial charge in [0.25, 0.3) is 0 Å². The number of carboxylic acids is 1. The number of anilines is 1. The molecule has 7 nitrogen and oxygen atoms in total. The number of aromatic carboxylic acids is 1. The normalized spacial score (nSPS) is 19.7. The van der Waals surface area contributed by atoms with E-state index in [1.54, 1.807) is 6.07 Å². The maximum atomic E-state index is 13.9. The Morgan fingerprint density at radius 1 is 0.953 bits per heavy atom. The van der Waals surface area contributed by atoms with E-state index in [-0.39, 0.29) is 24.9 Å². The Morgan fingerprint density at radius 2 is 1.65 bits per heavy atom. The Bertz CT molecular complexity index is 1480. The summed E-state index contributed by atoms with van der Waals surface area (Å²) in [5, 5.41) is 13.7. The smallest absolute Gasteiger partial charge is 0.433 e. The molecule has 12 heteroatoms. The van der Waals surface area contributed by atoms with Gasteiger partial charge in [-0.05, 0) is 67.7 Å². The number of carbonyl (C=O) groups is 2. The maximum absolute atomic E-state index is 13.9. The summed E-state index contributed by atoms with van der Waals surface area (Å²) in [7, 11) is 0. The minimum Gasteiger partial charge on any atom is -0.478 e. The van der Waals surface area contributed by atoms with Crippen LogP contribution in [0.4, 0.5) is 18.9 Å². The van der Waals surface area contributed by atoms with Crippen molar-refractivity contribution in [2.75, 3.05) is 31.1 Å². The molecular formula is C31H33Cl2F3N4O3. The van der Waals surface area contributed by atoms with Crippen LogP contribution in [0.1, 0.15) is 72.1 Å². The molecular weight excluding hydrogens is 604 g/mol. The highest BCUT2D eigenvalue weighted by Crippen LogP contribution is 2.40. The number of piperidine rings is 2. The molecule has 1 saturated carbocycles. The fourth-order valence-electron chi connectivity index (χ4n) is 6.42. The van der Waals surface area contributed by atoms with Gasteiger partial charge in [0, 0.05) is 48.4 Å². The van der Waals surface area contributed by atoms with Crippen molar-refractivity contribution in [1.29, 1.82) is 0 Å². The van der Waals surface area contributed by atoms with E-state index in [2.05, 4.69) is 29.4 Å². The molecule has 6 rings (SSSR count). The fourth-order valence-corrected chi connectivity index (χ4v) is 6.58. The molecule has 0 spiro atoms. The molecule has 3 aromatic rings. The van der Waals surface area contributed by atoms with Crippen LogP contribution >= 0.6 is 24.0 Å². The van der Waals surface area contributed by atoms with Crippen LogP contribution in [0.5, 0.6) is 0 Å². The molecule has 230 valence electrons. The number of hydrogen-bond acceptors (Lipinski definition) is 4. The van der Waals surface area contributed by atoms with Crippen LogP contribution in [0.15, 0.2) is 48.7 Å². The quantitative estimate of drug-likeness (QED) is 0.307. The highest BCUT2D eigenvalue weighted by molar-refractivity contribution is 6.31.